The van der Waals surface area contributed by atoms with Crippen LogP contribution < -0.4 is 14.8 Å². The first-order chi connectivity index (χ1) is 18.3. The van der Waals surface area contributed by atoms with Crippen molar-refractivity contribution in [1.82, 2.24) is 14.8 Å². The molecule has 0 spiro atoms. The number of fused-ring (bicyclic) bond motifs is 1. The van der Waals surface area contributed by atoms with E-state index in [4.69, 9.17) is 19.3 Å². The van der Waals surface area contributed by atoms with Crippen molar-refractivity contribution in [2.75, 3.05) is 17.7 Å². The number of aromatic nitrogens is 3. The minimum Gasteiger partial charge on any atom is -0.490 e. The van der Waals surface area contributed by atoms with Crippen molar-refractivity contribution in [3.63, 3.8) is 0 Å². The summed E-state index contributed by atoms with van der Waals surface area (Å²) in [5, 5.41) is 8.57. The summed E-state index contributed by atoms with van der Waals surface area (Å²) < 4.78 is 33.3. The van der Waals surface area contributed by atoms with E-state index in [9.17, 15) is 9.18 Å². The highest BCUT2D eigenvalue weighted by Gasteiger charge is 2.36. The van der Waals surface area contributed by atoms with Crippen molar-refractivity contribution in [3.05, 3.63) is 70.7 Å². The maximum atomic E-state index is 14.1. The fraction of sp³-hybridized carbons (Fsp3) is 0.393. The summed E-state index contributed by atoms with van der Waals surface area (Å²) in [5.74, 6) is 1.61. The molecule has 38 heavy (non-hydrogen) atoms. The Morgan fingerprint density at radius 3 is 2.66 bits per heavy atom. The molecule has 4 rings (SSSR count). The van der Waals surface area contributed by atoms with Crippen LogP contribution in [0.1, 0.15) is 58.2 Å². The lowest BCUT2D eigenvalue weighted by atomic mass is 9.95. The number of carbonyl (C=O) groups is 1. The predicted molar refractivity (Wildman–Crippen MR) is 145 cm³/mol. The molecular formula is C28H33FN4O4S. The number of allylic oxidation sites excluding steroid dienone is 1. The number of carbonyl (C=O) groups excluding carboxylic acids is 1. The summed E-state index contributed by atoms with van der Waals surface area (Å²) in [6.07, 6.45) is 0.699. The maximum absolute atomic E-state index is 14.1. The van der Waals surface area contributed by atoms with Gasteiger partial charge in [0.15, 0.2) is 11.5 Å². The highest BCUT2D eigenvalue weighted by atomic mass is 32.2. The van der Waals surface area contributed by atoms with Crippen molar-refractivity contribution >= 4 is 23.7 Å². The number of anilines is 1. The lowest BCUT2D eigenvalue weighted by molar-refractivity contribution is -0.143. The predicted octanol–water partition coefficient (Wildman–Crippen LogP) is 6.14. The van der Waals surface area contributed by atoms with Crippen LogP contribution in [-0.2, 0) is 16.1 Å². The molecule has 0 saturated heterocycles. The fourth-order valence-electron chi connectivity index (χ4n) is 4.09. The highest BCUT2D eigenvalue weighted by Crippen LogP contribution is 2.40. The number of esters is 1. The highest BCUT2D eigenvalue weighted by molar-refractivity contribution is 7.99. The van der Waals surface area contributed by atoms with Crippen molar-refractivity contribution in [2.24, 2.45) is 0 Å². The number of nitrogens with one attached hydrogen (secondary N) is 1. The molecule has 202 valence electrons. The largest absolute Gasteiger partial charge is 0.490 e. The van der Waals surface area contributed by atoms with E-state index < -0.39 is 12.0 Å². The van der Waals surface area contributed by atoms with Crippen LogP contribution in [0.4, 0.5) is 10.3 Å². The SMILES string of the molecule is CCCSc1nc2n(n1)C(c1ccc(OCc3ccccc3F)c(OCC)c1)C(C(=O)OC(C)C)=C(C)N2. The van der Waals surface area contributed by atoms with Crippen LogP contribution in [0.15, 0.2) is 58.9 Å². The molecule has 1 aromatic heterocycles. The smallest absolute Gasteiger partial charge is 0.338 e. The molecule has 1 aliphatic rings. The van der Waals surface area contributed by atoms with Gasteiger partial charge in [0.05, 0.1) is 18.3 Å². The first-order valence-electron chi connectivity index (χ1n) is 12.7. The van der Waals surface area contributed by atoms with Gasteiger partial charge in [-0.2, -0.15) is 4.98 Å². The number of nitrogens with zero attached hydrogens (tertiary/aromatic N) is 3. The number of ether oxygens (including phenoxy) is 3. The molecule has 0 fully saturated rings. The Balaban J connectivity index is 1.74. The minimum atomic E-state index is -0.596. The summed E-state index contributed by atoms with van der Waals surface area (Å²) in [6, 6.07) is 11.3. The molecule has 0 radical (unpaired) electrons. The van der Waals surface area contributed by atoms with E-state index in [1.807, 2.05) is 39.8 Å². The van der Waals surface area contributed by atoms with Gasteiger partial charge in [0.25, 0.3) is 0 Å². The second-order valence-electron chi connectivity index (χ2n) is 9.05. The van der Waals surface area contributed by atoms with Crippen molar-refractivity contribution < 1.29 is 23.4 Å². The van der Waals surface area contributed by atoms with Crippen molar-refractivity contribution in [3.8, 4) is 11.5 Å². The van der Waals surface area contributed by atoms with Gasteiger partial charge in [0.2, 0.25) is 11.1 Å². The third-order valence-electron chi connectivity index (χ3n) is 5.76. The van der Waals surface area contributed by atoms with Crippen LogP contribution in [-0.4, -0.2) is 39.2 Å². The molecule has 2 heterocycles. The maximum Gasteiger partial charge on any atom is 0.338 e. The average molecular weight is 541 g/mol. The van der Waals surface area contributed by atoms with Crippen LogP contribution in [0.3, 0.4) is 0 Å². The molecule has 1 aliphatic heterocycles. The van der Waals surface area contributed by atoms with Gasteiger partial charge in [-0.3, -0.25) is 0 Å². The minimum absolute atomic E-state index is 0.0512. The number of hydrogen-bond donors (Lipinski definition) is 1. The second kappa shape index (κ2) is 12.3. The summed E-state index contributed by atoms with van der Waals surface area (Å²) >= 11 is 1.56. The Hall–Kier alpha value is -3.53. The van der Waals surface area contributed by atoms with Crippen LogP contribution in [0, 0.1) is 5.82 Å². The monoisotopic (exact) mass is 540 g/mol. The quantitative estimate of drug-likeness (QED) is 0.229. The lowest BCUT2D eigenvalue weighted by Crippen LogP contribution is -2.30. The molecule has 1 unspecified atom stereocenters. The molecule has 3 aromatic rings. The van der Waals surface area contributed by atoms with E-state index in [0.29, 0.717) is 46.0 Å². The van der Waals surface area contributed by atoms with Crippen molar-refractivity contribution in [1.29, 1.82) is 0 Å². The molecular weight excluding hydrogens is 507 g/mol. The Labute approximate surface area is 226 Å². The van der Waals surface area contributed by atoms with Crippen LogP contribution in [0.25, 0.3) is 0 Å². The second-order valence-corrected chi connectivity index (χ2v) is 10.1. The Morgan fingerprint density at radius 2 is 1.95 bits per heavy atom. The van der Waals surface area contributed by atoms with Crippen LogP contribution in [0.5, 0.6) is 11.5 Å². The number of thioether (sulfide) groups is 1. The van der Waals surface area contributed by atoms with Gasteiger partial charge in [-0.25, -0.2) is 13.9 Å². The lowest BCUT2D eigenvalue weighted by Gasteiger charge is -2.29. The van der Waals surface area contributed by atoms with Crippen LogP contribution >= 0.6 is 11.8 Å². The molecule has 10 heteroatoms. The molecule has 2 aromatic carbocycles. The van der Waals surface area contributed by atoms with Gasteiger partial charge >= 0.3 is 5.97 Å². The zero-order valence-corrected chi connectivity index (χ0v) is 23.1. The molecule has 0 amide bonds. The molecule has 1 N–H and O–H groups in total. The van der Waals surface area contributed by atoms with Gasteiger partial charge < -0.3 is 19.5 Å². The zero-order valence-electron chi connectivity index (χ0n) is 22.3. The fourth-order valence-corrected chi connectivity index (χ4v) is 4.77. The van der Waals surface area contributed by atoms with E-state index in [1.54, 1.807) is 40.7 Å². The third kappa shape index (κ3) is 6.12. The first-order valence-corrected chi connectivity index (χ1v) is 13.7. The van der Waals surface area contributed by atoms with E-state index in [0.717, 1.165) is 17.7 Å². The van der Waals surface area contributed by atoms with E-state index in [-0.39, 0.29) is 18.5 Å². The summed E-state index contributed by atoms with van der Waals surface area (Å²) in [4.78, 5) is 17.9. The van der Waals surface area contributed by atoms with Crippen molar-refractivity contribution in [2.45, 2.75) is 64.9 Å². The summed E-state index contributed by atoms with van der Waals surface area (Å²) in [6.45, 7) is 9.88. The normalized spacial score (nSPS) is 14.8. The standard InChI is InChI=1S/C28H33FN4O4S/c1-6-14-38-28-31-27-30-18(5)24(26(34)37-17(3)4)25(33(27)32-28)19-12-13-22(23(15-19)35-7-2)36-16-20-10-8-9-11-21(20)29/h8-13,15,17,25H,6-7,14,16H2,1-5H3,(H,30,31,32). The molecule has 0 bridgehead atoms. The van der Waals surface area contributed by atoms with Gasteiger partial charge in [0.1, 0.15) is 18.5 Å². The average Bonchev–Trinajstić information content (AvgIpc) is 3.28. The number of halogens is 1. The third-order valence-corrected chi connectivity index (χ3v) is 6.80. The number of rotatable bonds is 11. The van der Waals surface area contributed by atoms with Gasteiger partial charge in [-0.05, 0) is 57.9 Å². The van der Waals surface area contributed by atoms with Gasteiger partial charge in [-0.1, -0.05) is 43.0 Å². The molecule has 0 aliphatic carbocycles. The van der Waals surface area contributed by atoms with Crippen LogP contribution in [0.2, 0.25) is 0 Å². The number of benzene rings is 2. The summed E-state index contributed by atoms with van der Waals surface area (Å²) in [7, 11) is 0. The zero-order chi connectivity index (χ0) is 27.2. The molecule has 1 atom stereocenters. The first kappa shape index (κ1) is 27.5. The van der Waals surface area contributed by atoms with E-state index in [1.165, 1.54) is 6.07 Å². The Kier molecular flexibility index (Phi) is 8.93. The number of hydrogen-bond acceptors (Lipinski definition) is 8. The van der Waals surface area contributed by atoms with Gasteiger partial charge in [-0.15, -0.1) is 5.10 Å². The Morgan fingerprint density at radius 1 is 1.16 bits per heavy atom. The molecule has 8 nitrogen and oxygen atoms in total. The van der Waals surface area contributed by atoms with E-state index >= 15 is 0 Å². The topological polar surface area (TPSA) is 87.5 Å². The Bertz CT molecular complexity index is 1320. The van der Waals surface area contributed by atoms with E-state index in [2.05, 4.69) is 17.2 Å². The summed E-state index contributed by atoms with van der Waals surface area (Å²) in [5.41, 5.74) is 2.27. The van der Waals surface area contributed by atoms with Gasteiger partial charge in [0, 0.05) is 17.0 Å². The molecule has 0 saturated carbocycles.